The molecule has 0 aromatic heterocycles. The molecule has 0 aromatic carbocycles. The molecule has 0 spiro atoms. The number of carbonyl (C=O) groups excluding carboxylic acids is 3. The van der Waals surface area contributed by atoms with Crippen molar-refractivity contribution in [1.29, 1.82) is 0 Å². The predicted molar refractivity (Wildman–Crippen MR) is 94.5 cm³/mol. The van der Waals surface area contributed by atoms with Crippen molar-refractivity contribution in [3.63, 3.8) is 0 Å². The molecule has 1 fully saturated rings. The Bertz CT molecular complexity index is 618. The second-order valence-corrected chi connectivity index (χ2v) is 7.16. The topological polar surface area (TPSA) is 116 Å². The molecule has 8 nitrogen and oxygen atoms in total. The van der Waals surface area contributed by atoms with Crippen molar-refractivity contribution in [1.82, 2.24) is 15.5 Å². The average molecular weight is 365 g/mol. The first-order valence-electron chi connectivity index (χ1n) is 8.99. The number of carbonyl (C=O) groups is 4. The van der Waals surface area contributed by atoms with Crippen molar-refractivity contribution < 1.29 is 24.3 Å². The van der Waals surface area contributed by atoms with E-state index in [1.54, 1.807) is 7.05 Å². The fraction of sp³-hybridized carbons (Fsp3) is 0.667. The number of allylic oxidation sites excluding steroid dienone is 1. The third-order valence-electron chi connectivity index (χ3n) is 4.97. The van der Waals surface area contributed by atoms with Crippen LogP contribution in [0.15, 0.2) is 12.2 Å². The molecule has 3 atom stereocenters. The van der Waals surface area contributed by atoms with Gasteiger partial charge in [-0.25, -0.2) is 9.59 Å². The first-order chi connectivity index (χ1) is 12.3. The Hall–Kier alpha value is -2.38. The summed E-state index contributed by atoms with van der Waals surface area (Å²) < 4.78 is 0. The summed E-state index contributed by atoms with van der Waals surface area (Å²) >= 11 is 0. The second kappa shape index (κ2) is 8.33. The Morgan fingerprint density at radius 1 is 1.35 bits per heavy atom. The van der Waals surface area contributed by atoms with Crippen LogP contribution in [0.4, 0.5) is 4.79 Å². The molecule has 0 aromatic rings. The fourth-order valence-corrected chi connectivity index (χ4v) is 3.12. The van der Waals surface area contributed by atoms with Crippen LogP contribution in [0.3, 0.4) is 0 Å². The minimum absolute atomic E-state index is 0.0972. The Morgan fingerprint density at radius 3 is 2.73 bits per heavy atom. The van der Waals surface area contributed by atoms with Crippen LogP contribution in [0.25, 0.3) is 0 Å². The Morgan fingerprint density at radius 2 is 2.08 bits per heavy atom. The number of hydrogen-bond acceptors (Lipinski definition) is 4. The fourth-order valence-electron chi connectivity index (χ4n) is 3.12. The highest BCUT2D eigenvalue weighted by atomic mass is 16.4. The minimum atomic E-state index is -1.32. The van der Waals surface area contributed by atoms with Crippen molar-refractivity contribution in [2.75, 3.05) is 13.6 Å². The maximum absolute atomic E-state index is 12.7. The lowest BCUT2D eigenvalue weighted by molar-refractivity contribution is -0.143. The summed E-state index contributed by atoms with van der Waals surface area (Å²) in [6.45, 7) is 1.97. The average Bonchev–Trinajstić information content (AvgIpc) is 3.27. The summed E-state index contributed by atoms with van der Waals surface area (Å²) in [4.78, 5) is 49.4. The number of nitrogens with zero attached hydrogens (tertiary/aromatic N) is 1. The second-order valence-electron chi connectivity index (χ2n) is 7.16. The van der Waals surface area contributed by atoms with Crippen molar-refractivity contribution in [2.45, 2.75) is 57.0 Å². The van der Waals surface area contributed by atoms with Crippen LogP contribution in [0.1, 0.15) is 45.4 Å². The largest absolute Gasteiger partial charge is 0.479 e. The third kappa shape index (κ3) is 4.83. The summed E-state index contributed by atoms with van der Waals surface area (Å²) in [6.07, 6.45) is 6.90. The number of amides is 3. The summed E-state index contributed by atoms with van der Waals surface area (Å²) in [6, 6.07) is -1.35. The van der Waals surface area contributed by atoms with E-state index in [9.17, 15) is 24.3 Å². The van der Waals surface area contributed by atoms with Crippen LogP contribution < -0.4 is 10.6 Å². The lowest BCUT2D eigenvalue weighted by Gasteiger charge is -2.25. The van der Waals surface area contributed by atoms with Gasteiger partial charge >= 0.3 is 12.0 Å². The monoisotopic (exact) mass is 365 g/mol. The van der Waals surface area contributed by atoms with Crippen LogP contribution in [0, 0.1) is 5.92 Å². The number of rotatable bonds is 4. The zero-order chi connectivity index (χ0) is 19.3. The highest BCUT2D eigenvalue weighted by molar-refractivity contribution is 5.94. The molecule has 3 amide bonds. The molecular weight excluding hydrogens is 338 g/mol. The number of carboxylic acid groups (broad SMARTS) is 1. The molecule has 0 bridgehead atoms. The SMILES string of the molecule is CC(=O)CCC1NC(=O)N(C)CCCC/C=C\C2CC2(C(=O)O)NC1=O. The number of fused-ring (bicyclic) bond motifs is 1. The van der Waals surface area contributed by atoms with Crippen molar-refractivity contribution in [3.8, 4) is 0 Å². The van der Waals surface area contributed by atoms with E-state index in [1.807, 2.05) is 12.2 Å². The molecule has 144 valence electrons. The van der Waals surface area contributed by atoms with E-state index in [1.165, 1.54) is 11.8 Å². The van der Waals surface area contributed by atoms with Crippen molar-refractivity contribution in [2.24, 2.45) is 5.92 Å². The van der Waals surface area contributed by atoms with Gasteiger partial charge in [-0.2, -0.15) is 0 Å². The quantitative estimate of drug-likeness (QED) is 0.645. The normalized spacial score (nSPS) is 31.1. The molecule has 1 aliphatic heterocycles. The molecule has 0 radical (unpaired) electrons. The molecule has 2 rings (SSSR count). The lowest BCUT2D eigenvalue weighted by Crippen LogP contribution is -2.55. The predicted octanol–water partition coefficient (Wildman–Crippen LogP) is 1.07. The summed E-state index contributed by atoms with van der Waals surface area (Å²) in [5.74, 6) is -2.00. The molecular formula is C18H27N3O5. The van der Waals surface area contributed by atoms with Gasteiger partial charge in [0.15, 0.2) is 0 Å². The summed E-state index contributed by atoms with van der Waals surface area (Å²) in [5.41, 5.74) is -1.32. The highest BCUT2D eigenvalue weighted by Gasteiger charge is 2.60. The van der Waals surface area contributed by atoms with E-state index in [4.69, 9.17) is 0 Å². The van der Waals surface area contributed by atoms with E-state index in [2.05, 4.69) is 10.6 Å². The van der Waals surface area contributed by atoms with Gasteiger partial charge in [0.25, 0.3) is 0 Å². The lowest BCUT2D eigenvalue weighted by atomic mass is 10.1. The van der Waals surface area contributed by atoms with E-state index in [0.717, 1.165) is 19.3 Å². The van der Waals surface area contributed by atoms with Gasteiger partial charge in [0, 0.05) is 25.9 Å². The molecule has 1 aliphatic carbocycles. The van der Waals surface area contributed by atoms with Crippen LogP contribution >= 0.6 is 0 Å². The van der Waals surface area contributed by atoms with E-state index in [0.29, 0.717) is 13.0 Å². The van der Waals surface area contributed by atoms with Gasteiger partial charge in [-0.3, -0.25) is 4.79 Å². The number of Topliss-reactive ketones (excluding diaryl/α,β-unsaturated/α-hetero) is 1. The maximum Gasteiger partial charge on any atom is 0.330 e. The van der Waals surface area contributed by atoms with Gasteiger partial charge in [0.2, 0.25) is 5.91 Å². The Kier molecular flexibility index (Phi) is 6.39. The maximum atomic E-state index is 12.7. The van der Waals surface area contributed by atoms with Crippen molar-refractivity contribution in [3.05, 3.63) is 12.2 Å². The molecule has 1 saturated carbocycles. The van der Waals surface area contributed by atoms with Gasteiger partial charge < -0.3 is 25.4 Å². The van der Waals surface area contributed by atoms with Gasteiger partial charge in [0.05, 0.1) is 0 Å². The van der Waals surface area contributed by atoms with Gasteiger partial charge in [-0.1, -0.05) is 12.2 Å². The number of nitrogens with one attached hydrogen (secondary N) is 2. The van der Waals surface area contributed by atoms with E-state index < -0.39 is 29.5 Å². The first-order valence-corrected chi connectivity index (χ1v) is 8.99. The number of aliphatic carboxylic acids is 1. The van der Waals surface area contributed by atoms with E-state index >= 15 is 0 Å². The third-order valence-corrected chi connectivity index (χ3v) is 4.97. The van der Waals surface area contributed by atoms with Crippen molar-refractivity contribution >= 4 is 23.7 Å². The van der Waals surface area contributed by atoms with Gasteiger partial charge in [-0.15, -0.1) is 0 Å². The zero-order valence-electron chi connectivity index (χ0n) is 15.3. The van der Waals surface area contributed by atoms with Gasteiger partial charge in [-0.05, 0) is 39.0 Å². The molecule has 8 heteroatoms. The summed E-state index contributed by atoms with van der Waals surface area (Å²) in [7, 11) is 1.65. The molecule has 0 saturated heterocycles. The number of urea groups is 1. The number of ketones is 1. The smallest absolute Gasteiger partial charge is 0.330 e. The van der Waals surface area contributed by atoms with Crippen LogP contribution in [0.5, 0.6) is 0 Å². The molecule has 26 heavy (non-hydrogen) atoms. The summed E-state index contributed by atoms with van der Waals surface area (Å²) in [5, 5.41) is 14.8. The molecule has 3 unspecified atom stereocenters. The van der Waals surface area contributed by atoms with Gasteiger partial charge in [0.1, 0.15) is 17.4 Å². The highest BCUT2D eigenvalue weighted by Crippen LogP contribution is 2.45. The standard InChI is InChI=1S/C18H27N3O5/c1-12(22)8-9-14-15(23)20-18(16(24)25)11-13(18)7-5-3-4-6-10-21(2)17(26)19-14/h5,7,13-14H,3-4,6,8-11H2,1-2H3,(H,19,26)(H,20,23)(H,24,25)/b7-5-. The van der Waals surface area contributed by atoms with Crippen LogP contribution in [-0.2, 0) is 14.4 Å². The minimum Gasteiger partial charge on any atom is -0.479 e. The molecule has 2 aliphatic rings. The van der Waals surface area contributed by atoms with Crippen LogP contribution in [-0.4, -0.2) is 58.9 Å². The Labute approximate surface area is 153 Å². The first kappa shape index (κ1) is 19.9. The zero-order valence-corrected chi connectivity index (χ0v) is 15.3. The number of hydrogen-bond donors (Lipinski definition) is 3. The molecule has 1 heterocycles. The number of carboxylic acids is 1. The Balaban J connectivity index is 2.20. The van der Waals surface area contributed by atoms with E-state index in [-0.39, 0.29) is 24.5 Å². The van der Waals surface area contributed by atoms with Crippen LogP contribution in [0.2, 0.25) is 0 Å². The molecule has 3 N–H and O–H groups in total.